The molecule has 0 aliphatic rings. The Morgan fingerprint density at radius 1 is 0.478 bits per heavy atom. The number of hydrogen-bond acceptors (Lipinski definition) is 2. The standard InChI is InChI=1S/C20H4ClF23O2/c21-19(40,41)17(36,37)12(26,27)10(22,23)6-1-2-8-5(3-6)4-7(9(45)46-8)11(24,25)13(28,29)14(30,31)15(32,33)16(34,35)18(38,39)20(42,43)44/h1-4H. The summed E-state index contributed by atoms with van der Waals surface area (Å²) in [6.45, 7) is 0. The lowest BCUT2D eigenvalue weighted by atomic mass is 9.88. The molecule has 0 unspecified atom stereocenters. The van der Waals surface area contributed by atoms with Crippen LogP contribution in [0.15, 0.2) is 33.5 Å². The minimum absolute atomic E-state index is 0.254. The summed E-state index contributed by atoms with van der Waals surface area (Å²) in [6, 6.07) is -2.67. The van der Waals surface area contributed by atoms with Crippen molar-refractivity contribution in [2.24, 2.45) is 0 Å². The summed E-state index contributed by atoms with van der Waals surface area (Å²) in [7, 11) is 0. The Morgan fingerprint density at radius 3 is 1.28 bits per heavy atom. The fraction of sp³-hybridized carbons (Fsp3) is 0.550. The van der Waals surface area contributed by atoms with Crippen LogP contribution in [0, 0.1) is 0 Å². The van der Waals surface area contributed by atoms with Gasteiger partial charge in [0.05, 0.1) is 0 Å². The van der Waals surface area contributed by atoms with Crippen LogP contribution in [-0.2, 0) is 11.8 Å². The summed E-state index contributed by atoms with van der Waals surface area (Å²) in [4.78, 5) is 11.8. The lowest BCUT2D eigenvalue weighted by Crippen LogP contribution is -2.72. The number of alkyl halides is 24. The topological polar surface area (TPSA) is 30.2 Å². The summed E-state index contributed by atoms with van der Waals surface area (Å²) in [6.07, 6.45) is -7.92. The van der Waals surface area contributed by atoms with Crippen LogP contribution in [0.2, 0.25) is 0 Å². The molecule has 1 heterocycles. The van der Waals surface area contributed by atoms with Crippen molar-refractivity contribution in [2.45, 2.75) is 64.9 Å². The number of hydrogen-bond donors (Lipinski definition) is 0. The van der Waals surface area contributed by atoms with Gasteiger partial charge in [0, 0.05) is 10.9 Å². The molecule has 1 aromatic carbocycles. The van der Waals surface area contributed by atoms with E-state index in [9.17, 15) is 106 Å². The third-order valence-corrected chi connectivity index (χ3v) is 6.14. The number of benzene rings is 1. The van der Waals surface area contributed by atoms with Gasteiger partial charge in [0.15, 0.2) is 0 Å². The predicted octanol–water partition coefficient (Wildman–Crippen LogP) is 9.82. The quantitative estimate of drug-likeness (QED) is 0.138. The van der Waals surface area contributed by atoms with E-state index < -0.39 is 111 Å². The van der Waals surface area contributed by atoms with Crippen LogP contribution >= 0.6 is 11.6 Å². The number of halogens is 24. The van der Waals surface area contributed by atoms with Gasteiger partial charge >= 0.3 is 70.5 Å². The molecule has 0 amide bonds. The first-order valence-electron chi connectivity index (χ1n) is 10.5. The molecule has 0 N–H and O–H groups in total. The van der Waals surface area contributed by atoms with E-state index in [1.54, 1.807) is 0 Å². The van der Waals surface area contributed by atoms with E-state index in [0.717, 1.165) is 0 Å². The lowest BCUT2D eigenvalue weighted by molar-refractivity contribution is -0.453. The third kappa shape index (κ3) is 4.99. The maximum Gasteiger partial charge on any atom is 0.460 e. The van der Waals surface area contributed by atoms with Crippen LogP contribution in [0.25, 0.3) is 11.0 Å². The summed E-state index contributed by atoms with van der Waals surface area (Å²) in [5.74, 6) is -71.3. The Kier molecular flexibility index (Phi) is 8.80. The molecule has 0 spiro atoms. The van der Waals surface area contributed by atoms with Crippen molar-refractivity contribution in [3.63, 3.8) is 0 Å². The van der Waals surface area contributed by atoms with Crippen LogP contribution in [0.4, 0.5) is 101 Å². The monoisotopic (exact) mass is 748 g/mol. The molecule has 0 fully saturated rings. The van der Waals surface area contributed by atoms with Crippen molar-refractivity contribution in [1.82, 2.24) is 0 Å². The summed E-state index contributed by atoms with van der Waals surface area (Å²) >= 11 is 3.71. The van der Waals surface area contributed by atoms with Gasteiger partial charge in [-0.2, -0.15) is 101 Å². The van der Waals surface area contributed by atoms with Crippen LogP contribution in [0.5, 0.6) is 0 Å². The Morgan fingerprint density at radius 2 is 0.870 bits per heavy atom. The Labute approximate surface area is 239 Å². The molecule has 2 nitrogen and oxygen atoms in total. The second-order valence-corrected chi connectivity index (χ2v) is 9.34. The second kappa shape index (κ2) is 10.3. The molecule has 46 heavy (non-hydrogen) atoms. The van der Waals surface area contributed by atoms with Gasteiger partial charge in [0.2, 0.25) is 0 Å². The summed E-state index contributed by atoms with van der Waals surface area (Å²) < 4.78 is 314. The van der Waals surface area contributed by atoms with Gasteiger partial charge in [-0.3, -0.25) is 0 Å². The number of fused-ring (bicyclic) bond motifs is 1. The second-order valence-electron chi connectivity index (χ2n) is 8.87. The molecule has 1 aromatic heterocycles. The highest BCUT2D eigenvalue weighted by Gasteiger charge is 2.93. The van der Waals surface area contributed by atoms with Crippen molar-refractivity contribution in [3.8, 4) is 0 Å². The molecular formula is C20H4ClF23O2. The van der Waals surface area contributed by atoms with Gasteiger partial charge in [0.1, 0.15) is 11.1 Å². The highest BCUT2D eigenvalue weighted by Crippen LogP contribution is 2.64. The van der Waals surface area contributed by atoms with Crippen molar-refractivity contribution in [3.05, 3.63) is 45.8 Å². The Balaban J connectivity index is 2.82. The largest absolute Gasteiger partial charge is 0.460 e. The van der Waals surface area contributed by atoms with E-state index in [2.05, 4.69) is 16.0 Å². The lowest BCUT2D eigenvalue weighted by Gasteiger charge is -2.41. The first-order valence-corrected chi connectivity index (χ1v) is 10.8. The van der Waals surface area contributed by atoms with Gasteiger partial charge in [-0.25, -0.2) is 4.79 Å². The molecule has 0 aliphatic heterocycles. The van der Waals surface area contributed by atoms with Crippen molar-refractivity contribution < 1.29 is 105 Å². The third-order valence-electron chi connectivity index (χ3n) is 5.91. The molecule has 0 atom stereocenters. The van der Waals surface area contributed by atoms with Gasteiger partial charge < -0.3 is 4.42 Å². The fourth-order valence-corrected chi connectivity index (χ4v) is 3.35. The Bertz CT molecular complexity index is 1530. The van der Waals surface area contributed by atoms with E-state index >= 15 is 0 Å². The average Bonchev–Trinajstić information content (AvgIpc) is 2.85. The smallest absolute Gasteiger partial charge is 0.422 e. The minimum Gasteiger partial charge on any atom is -0.422 e. The van der Waals surface area contributed by atoms with Crippen molar-refractivity contribution in [2.75, 3.05) is 0 Å². The molecule has 0 saturated heterocycles. The van der Waals surface area contributed by atoms with Crippen molar-refractivity contribution >= 4 is 22.6 Å². The molecule has 0 saturated carbocycles. The molecular weight excluding hydrogens is 745 g/mol. The van der Waals surface area contributed by atoms with Crippen LogP contribution < -0.4 is 5.63 Å². The fourth-order valence-electron chi connectivity index (χ4n) is 3.23. The van der Waals surface area contributed by atoms with E-state index in [0.29, 0.717) is 0 Å². The first kappa shape index (κ1) is 39.3. The highest BCUT2D eigenvalue weighted by atomic mass is 35.5. The van der Waals surface area contributed by atoms with Crippen molar-refractivity contribution in [1.29, 1.82) is 0 Å². The maximum absolute atomic E-state index is 14.5. The van der Waals surface area contributed by atoms with Gasteiger partial charge in [-0.1, -0.05) is 0 Å². The summed E-state index contributed by atoms with van der Waals surface area (Å²) in [5, 5.41) is -8.39. The molecule has 0 radical (unpaired) electrons. The van der Waals surface area contributed by atoms with Gasteiger partial charge in [-0.15, -0.1) is 0 Å². The van der Waals surface area contributed by atoms with Gasteiger partial charge in [0.25, 0.3) is 0 Å². The zero-order valence-corrected chi connectivity index (χ0v) is 21.0. The normalized spacial score (nSPS) is 15.9. The minimum atomic E-state index is -8.79. The molecule has 0 aliphatic carbocycles. The molecule has 264 valence electrons. The Hall–Kier alpha value is -2.89. The molecule has 2 rings (SSSR count). The maximum atomic E-state index is 14.5. The van der Waals surface area contributed by atoms with E-state index in [1.807, 2.05) is 0 Å². The van der Waals surface area contributed by atoms with E-state index in [4.69, 9.17) is 0 Å². The first-order chi connectivity index (χ1) is 19.8. The predicted molar refractivity (Wildman–Crippen MR) is 102 cm³/mol. The molecule has 26 heteroatoms. The van der Waals surface area contributed by atoms with Crippen LogP contribution in [-0.4, -0.2) is 53.0 Å². The zero-order chi connectivity index (χ0) is 36.9. The van der Waals surface area contributed by atoms with Crippen LogP contribution in [0.1, 0.15) is 11.1 Å². The molecule has 2 aromatic rings. The molecule has 0 bridgehead atoms. The zero-order valence-electron chi connectivity index (χ0n) is 20.2. The average molecular weight is 749 g/mol. The van der Waals surface area contributed by atoms with Gasteiger partial charge in [-0.05, 0) is 35.9 Å². The van der Waals surface area contributed by atoms with E-state index in [1.165, 1.54) is 0 Å². The van der Waals surface area contributed by atoms with Crippen LogP contribution in [0.3, 0.4) is 0 Å². The van der Waals surface area contributed by atoms with E-state index in [-0.39, 0.29) is 6.07 Å². The SMILES string of the molecule is O=c1oc2ccc(C(F)(F)C(F)(F)C(F)(F)C(F)(F)Cl)cc2cc1C(F)(F)C(F)(F)C(F)(F)C(F)(F)C(F)(F)C(F)(F)C(F)(F)F. The highest BCUT2D eigenvalue weighted by molar-refractivity contribution is 6.22. The number of rotatable bonds is 10. The summed E-state index contributed by atoms with van der Waals surface area (Å²) in [5.41, 5.74) is -10.9.